The summed E-state index contributed by atoms with van der Waals surface area (Å²) >= 11 is 0. The molecule has 1 N–H and O–H groups in total. The largest absolute Gasteiger partial charge is 0.494 e. The summed E-state index contributed by atoms with van der Waals surface area (Å²) in [7, 11) is 0. The first kappa shape index (κ1) is 29.6. The van der Waals surface area contributed by atoms with E-state index >= 15 is 0 Å². The third-order valence-electron chi connectivity index (χ3n) is 6.39. The summed E-state index contributed by atoms with van der Waals surface area (Å²) in [5, 5.41) is 10.6. The topological polar surface area (TPSA) is 75.6 Å². The third kappa shape index (κ3) is 7.44. The number of anilines is 1. The summed E-state index contributed by atoms with van der Waals surface area (Å²) in [5.74, 6) is -0.392. The van der Waals surface area contributed by atoms with Gasteiger partial charge in [0.2, 0.25) is 5.95 Å². The maximum absolute atomic E-state index is 13.8. The van der Waals surface area contributed by atoms with Gasteiger partial charge in [-0.15, -0.1) is 0 Å². The van der Waals surface area contributed by atoms with Crippen molar-refractivity contribution >= 4 is 22.7 Å². The summed E-state index contributed by atoms with van der Waals surface area (Å²) in [4.78, 5) is 21.2. The summed E-state index contributed by atoms with van der Waals surface area (Å²) in [6, 6.07) is 11.4. The number of aromatic carboxylic acids is 1. The van der Waals surface area contributed by atoms with Gasteiger partial charge in [-0.3, -0.25) is 0 Å². The van der Waals surface area contributed by atoms with E-state index in [-0.39, 0.29) is 42.8 Å². The van der Waals surface area contributed by atoms with Crippen LogP contribution >= 0.6 is 0 Å². The van der Waals surface area contributed by atoms with Crippen molar-refractivity contribution in [2.45, 2.75) is 38.7 Å². The average molecular weight is 578 g/mol. The molecule has 216 valence electrons. The Hall–Kier alpha value is -4.35. The molecule has 0 atom stereocenters. The maximum Gasteiger partial charge on any atom is 0.416 e. The Morgan fingerprint density at radius 3 is 2.22 bits per heavy atom. The molecule has 4 aromatic rings. The number of carboxylic acids is 1. The molecule has 0 spiro atoms. The van der Waals surface area contributed by atoms with E-state index in [1.165, 1.54) is 11.0 Å². The standard InChI is InChI=1S/C29H25F6N3O3/c1-2-18-15-36-27(37-16-18)38(17-22-6-8-23(28(30,31)32)14-25(22)29(33,34)35)10-3-11-41-24-9-7-19-12-21(26(39)40)5-4-20(19)13-24/h4-9,12-16H,2-3,10-11,17H2,1H3,(H,39,40). The van der Waals surface area contributed by atoms with Gasteiger partial charge in [0.05, 0.1) is 23.3 Å². The normalized spacial score (nSPS) is 12.0. The number of hydrogen-bond acceptors (Lipinski definition) is 5. The molecule has 0 aliphatic heterocycles. The lowest BCUT2D eigenvalue weighted by atomic mass is 10.0. The molecule has 4 rings (SSSR count). The van der Waals surface area contributed by atoms with E-state index in [1.54, 1.807) is 42.7 Å². The molecule has 0 unspecified atom stereocenters. The zero-order valence-corrected chi connectivity index (χ0v) is 21.8. The molecule has 0 aliphatic rings. The van der Waals surface area contributed by atoms with Crippen LogP contribution in [0.4, 0.5) is 32.3 Å². The van der Waals surface area contributed by atoms with Crippen LogP contribution in [0.15, 0.2) is 67.0 Å². The van der Waals surface area contributed by atoms with Crippen LogP contribution in [0.5, 0.6) is 5.75 Å². The smallest absolute Gasteiger partial charge is 0.416 e. The highest BCUT2D eigenvalue weighted by Gasteiger charge is 2.38. The lowest BCUT2D eigenvalue weighted by Crippen LogP contribution is -2.28. The monoisotopic (exact) mass is 577 g/mol. The molecule has 3 aromatic carbocycles. The summed E-state index contributed by atoms with van der Waals surface area (Å²) in [5.41, 5.74) is -2.13. The van der Waals surface area contributed by atoms with Crippen LogP contribution in [-0.4, -0.2) is 34.2 Å². The highest BCUT2D eigenvalue weighted by Crippen LogP contribution is 2.38. The molecule has 0 saturated carbocycles. The van der Waals surface area contributed by atoms with Crippen LogP contribution in [-0.2, 0) is 25.3 Å². The Morgan fingerprint density at radius 1 is 0.902 bits per heavy atom. The fourth-order valence-electron chi connectivity index (χ4n) is 4.20. The quantitative estimate of drug-likeness (QED) is 0.156. The number of ether oxygens (including phenoxy) is 1. The molecular formula is C29H25F6N3O3. The molecule has 6 nitrogen and oxygen atoms in total. The van der Waals surface area contributed by atoms with E-state index < -0.39 is 29.4 Å². The van der Waals surface area contributed by atoms with Crippen molar-refractivity contribution in [1.29, 1.82) is 0 Å². The van der Waals surface area contributed by atoms with Crippen molar-refractivity contribution in [3.63, 3.8) is 0 Å². The van der Waals surface area contributed by atoms with Gasteiger partial charge in [0, 0.05) is 25.5 Å². The van der Waals surface area contributed by atoms with Crippen LogP contribution in [0.3, 0.4) is 0 Å². The van der Waals surface area contributed by atoms with Crippen molar-refractivity contribution in [1.82, 2.24) is 9.97 Å². The zero-order chi connectivity index (χ0) is 29.8. The van der Waals surface area contributed by atoms with Crippen LogP contribution in [0.25, 0.3) is 10.8 Å². The van der Waals surface area contributed by atoms with Gasteiger partial charge < -0.3 is 14.7 Å². The highest BCUT2D eigenvalue weighted by atomic mass is 19.4. The molecule has 12 heteroatoms. The van der Waals surface area contributed by atoms with Crippen LogP contribution in [0.2, 0.25) is 0 Å². The van der Waals surface area contributed by atoms with Crippen LogP contribution in [0, 0.1) is 0 Å². The molecule has 1 heterocycles. The van der Waals surface area contributed by atoms with Crippen molar-refractivity contribution in [3.05, 3.63) is 94.8 Å². The second kappa shape index (κ2) is 12.0. The van der Waals surface area contributed by atoms with Crippen LogP contribution in [0.1, 0.15) is 46.0 Å². The molecular weight excluding hydrogens is 552 g/mol. The Balaban J connectivity index is 1.51. The second-order valence-corrected chi connectivity index (χ2v) is 9.26. The van der Waals surface area contributed by atoms with E-state index in [0.29, 0.717) is 30.0 Å². The lowest BCUT2D eigenvalue weighted by molar-refractivity contribution is -0.143. The molecule has 0 radical (unpaired) electrons. The number of aromatic nitrogens is 2. The van der Waals surface area contributed by atoms with Crippen molar-refractivity contribution in [3.8, 4) is 5.75 Å². The number of carbonyl (C=O) groups is 1. The van der Waals surface area contributed by atoms with Crippen LogP contribution < -0.4 is 9.64 Å². The first-order chi connectivity index (χ1) is 19.3. The first-order valence-corrected chi connectivity index (χ1v) is 12.6. The molecule has 41 heavy (non-hydrogen) atoms. The Kier molecular flexibility index (Phi) is 8.69. The first-order valence-electron chi connectivity index (χ1n) is 12.6. The van der Waals surface area contributed by atoms with Gasteiger partial charge >= 0.3 is 18.3 Å². The number of benzene rings is 3. The number of alkyl halides is 6. The number of nitrogens with zero attached hydrogens (tertiary/aromatic N) is 3. The number of aryl methyl sites for hydroxylation is 1. The van der Waals surface area contributed by atoms with E-state index in [4.69, 9.17) is 9.84 Å². The molecule has 1 aromatic heterocycles. The van der Waals surface area contributed by atoms with Crippen molar-refractivity contribution in [2.75, 3.05) is 18.1 Å². The number of hydrogen-bond donors (Lipinski definition) is 1. The number of fused-ring (bicyclic) bond motifs is 1. The van der Waals surface area contributed by atoms with Gasteiger partial charge in [0.15, 0.2) is 0 Å². The van der Waals surface area contributed by atoms with Gasteiger partial charge in [-0.1, -0.05) is 25.1 Å². The third-order valence-corrected chi connectivity index (χ3v) is 6.39. The van der Waals surface area contributed by atoms with E-state index in [2.05, 4.69) is 9.97 Å². The average Bonchev–Trinajstić information content (AvgIpc) is 2.93. The minimum Gasteiger partial charge on any atom is -0.494 e. The fraction of sp³-hybridized carbons (Fsp3) is 0.276. The lowest BCUT2D eigenvalue weighted by Gasteiger charge is -2.25. The van der Waals surface area contributed by atoms with Gasteiger partial charge in [0.25, 0.3) is 0 Å². The number of halogens is 6. The molecule has 0 fully saturated rings. The van der Waals surface area contributed by atoms with Gasteiger partial charge in [-0.05, 0) is 71.1 Å². The molecule has 0 saturated heterocycles. The van der Waals surface area contributed by atoms with Gasteiger partial charge in [-0.2, -0.15) is 26.3 Å². The van der Waals surface area contributed by atoms with Crippen molar-refractivity contribution in [2.24, 2.45) is 0 Å². The van der Waals surface area contributed by atoms with E-state index in [9.17, 15) is 31.1 Å². The summed E-state index contributed by atoms with van der Waals surface area (Å²) < 4.78 is 86.5. The van der Waals surface area contributed by atoms with E-state index in [1.807, 2.05) is 6.92 Å². The minimum atomic E-state index is -5.00. The Labute approximate surface area is 231 Å². The summed E-state index contributed by atoms with van der Waals surface area (Å²) in [6.07, 6.45) is -5.84. The van der Waals surface area contributed by atoms with Crippen molar-refractivity contribution < 1.29 is 41.0 Å². The number of rotatable bonds is 10. The minimum absolute atomic E-state index is 0.122. The predicted octanol–water partition coefficient (Wildman–Crippen LogP) is 7.40. The molecule has 0 amide bonds. The predicted molar refractivity (Wildman–Crippen MR) is 140 cm³/mol. The zero-order valence-electron chi connectivity index (χ0n) is 21.8. The highest BCUT2D eigenvalue weighted by molar-refractivity contribution is 5.94. The van der Waals surface area contributed by atoms with E-state index in [0.717, 1.165) is 17.0 Å². The van der Waals surface area contributed by atoms with Gasteiger partial charge in [0.1, 0.15) is 5.75 Å². The maximum atomic E-state index is 13.8. The second-order valence-electron chi connectivity index (χ2n) is 9.26. The Morgan fingerprint density at radius 2 is 1.59 bits per heavy atom. The SMILES string of the molecule is CCc1cnc(N(CCCOc2ccc3cc(C(=O)O)ccc3c2)Cc2ccc(C(F)(F)F)cc2C(F)(F)F)nc1. The van der Waals surface area contributed by atoms with Gasteiger partial charge in [-0.25, -0.2) is 14.8 Å². The number of carboxylic acid groups (broad SMARTS) is 1. The molecule has 0 aliphatic carbocycles. The fourth-order valence-corrected chi connectivity index (χ4v) is 4.20. The summed E-state index contributed by atoms with van der Waals surface area (Å²) in [6.45, 7) is 1.84. The Bertz CT molecular complexity index is 1520. The molecule has 0 bridgehead atoms.